The van der Waals surface area contributed by atoms with Crippen LogP contribution >= 0.6 is 0 Å². The van der Waals surface area contributed by atoms with Gasteiger partial charge in [-0.25, -0.2) is 0 Å². The molecule has 1 aromatic heterocycles. The molecule has 0 atom stereocenters. The topological polar surface area (TPSA) is 72.6 Å². The van der Waals surface area contributed by atoms with E-state index in [1.54, 1.807) is 0 Å². The van der Waals surface area contributed by atoms with Gasteiger partial charge in [0.2, 0.25) is 11.8 Å². The highest BCUT2D eigenvalue weighted by Crippen LogP contribution is 2.42. The Labute approximate surface area is 188 Å². The second-order valence-corrected chi connectivity index (χ2v) is 7.75. The highest BCUT2D eigenvalue weighted by molar-refractivity contribution is 6.00. The van der Waals surface area contributed by atoms with Crippen molar-refractivity contribution >= 4 is 5.91 Å². The third kappa shape index (κ3) is 5.08. The van der Waals surface area contributed by atoms with Gasteiger partial charge in [-0.3, -0.25) is 9.78 Å². The van der Waals surface area contributed by atoms with E-state index in [0.717, 1.165) is 28.8 Å². The summed E-state index contributed by atoms with van der Waals surface area (Å²) < 4.78 is 55.9. The number of aryl methyl sites for hydroxylation is 2. The number of hydrogen-bond donors (Lipinski definition) is 2. The second-order valence-electron chi connectivity index (χ2n) is 7.75. The number of rotatable bonds is 6. The minimum Gasteiger partial charge on any atom is -0.484 e. The van der Waals surface area contributed by atoms with E-state index >= 15 is 0 Å². The minimum absolute atomic E-state index is 0.0442. The van der Waals surface area contributed by atoms with E-state index < -0.39 is 17.6 Å². The van der Waals surface area contributed by atoms with Gasteiger partial charge in [-0.15, -0.1) is 0 Å². The average molecular weight is 460 g/mol. The van der Waals surface area contributed by atoms with Crippen molar-refractivity contribution < 1.29 is 32.2 Å². The smallest absolute Gasteiger partial charge is 0.416 e. The molecule has 3 aromatic rings. The molecule has 0 radical (unpaired) electrons. The summed E-state index contributed by atoms with van der Waals surface area (Å²) in [5.41, 5.74) is 2.59. The SMILES string of the molecule is Cc1ccc(CCNC(=O)c2c(Oc3cccc(C(F)(F)F)c3)[nH]c3c2OCCO3)c(C)c1. The highest BCUT2D eigenvalue weighted by atomic mass is 19.4. The van der Waals surface area contributed by atoms with Crippen molar-refractivity contribution in [3.05, 3.63) is 70.3 Å². The fraction of sp³-hybridized carbons (Fsp3) is 0.292. The van der Waals surface area contributed by atoms with Crippen molar-refractivity contribution in [2.75, 3.05) is 19.8 Å². The quantitative estimate of drug-likeness (QED) is 0.531. The number of aromatic amines is 1. The lowest BCUT2D eigenvalue weighted by atomic mass is 10.0. The predicted octanol–water partition coefficient (Wildman–Crippen LogP) is 5.19. The van der Waals surface area contributed by atoms with Crippen LogP contribution in [-0.2, 0) is 12.6 Å². The van der Waals surface area contributed by atoms with Crippen LogP contribution in [0.1, 0.15) is 32.6 Å². The maximum absolute atomic E-state index is 13.1. The number of nitrogens with one attached hydrogen (secondary N) is 2. The Balaban J connectivity index is 1.54. The molecule has 174 valence electrons. The molecule has 9 heteroatoms. The van der Waals surface area contributed by atoms with Crippen LogP contribution in [0.4, 0.5) is 13.2 Å². The van der Waals surface area contributed by atoms with Crippen LogP contribution in [-0.4, -0.2) is 30.6 Å². The molecule has 0 spiro atoms. The van der Waals surface area contributed by atoms with Gasteiger partial charge < -0.3 is 19.5 Å². The molecule has 0 bridgehead atoms. The molecule has 1 aliphatic rings. The van der Waals surface area contributed by atoms with Gasteiger partial charge in [0.25, 0.3) is 5.91 Å². The third-order valence-electron chi connectivity index (χ3n) is 5.25. The van der Waals surface area contributed by atoms with Crippen molar-refractivity contribution in [3.8, 4) is 23.3 Å². The molecule has 1 amide bonds. The number of aromatic nitrogens is 1. The van der Waals surface area contributed by atoms with Crippen LogP contribution in [0.2, 0.25) is 0 Å². The fourth-order valence-electron chi connectivity index (χ4n) is 3.63. The lowest BCUT2D eigenvalue weighted by Gasteiger charge is -2.15. The summed E-state index contributed by atoms with van der Waals surface area (Å²) in [4.78, 5) is 15.8. The summed E-state index contributed by atoms with van der Waals surface area (Å²) in [6.07, 6.45) is -3.90. The molecular formula is C24H23F3N2O4. The van der Waals surface area contributed by atoms with Crippen LogP contribution in [0.3, 0.4) is 0 Å². The molecule has 0 fully saturated rings. The van der Waals surface area contributed by atoms with Gasteiger partial charge in [-0.05, 0) is 49.6 Å². The van der Waals surface area contributed by atoms with E-state index in [9.17, 15) is 18.0 Å². The summed E-state index contributed by atoms with van der Waals surface area (Å²) in [6, 6.07) is 10.5. The largest absolute Gasteiger partial charge is 0.484 e. The van der Waals surface area contributed by atoms with Crippen molar-refractivity contribution in [2.24, 2.45) is 0 Å². The number of hydrogen-bond acceptors (Lipinski definition) is 4. The third-order valence-corrected chi connectivity index (χ3v) is 5.25. The van der Waals surface area contributed by atoms with E-state index in [0.29, 0.717) is 13.0 Å². The monoisotopic (exact) mass is 460 g/mol. The van der Waals surface area contributed by atoms with E-state index in [2.05, 4.69) is 16.4 Å². The molecule has 0 unspecified atom stereocenters. The van der Waals surface area contributed by atoms with Crippen molar-refractivity contribution in [2.45, 2.75) is 26.4 Å². The Bertz CT molecular complexity index is 1170. The first-order valence-corrected chi connectivity index (χ1v) is 10.4. The van der Waals surface area contributed by atoms with Crippen LogP contribution in [0.5, 0.6) is 23.3 Å². The first kappa shape index (κ1) is 22.6. The molecule has 2 aromatic carbocycles. The molecule has 2 N–H and O–H groups in total. The first-order valence-electron chi connectivity index (χ1n) is 10.4. The highest BCUT2D eigenvalue weighted by Gasteiger charge is 2.32. The van der Waals surface area contributed by atoms with Crippen LogP contribution in [0, 0.1) is 13.8 Å². The van der Waals surface area contributed by atoms with Crippen LogP contribution in [0.15, 0.2) is 42.5 Å². The lowest BCUT2D eigenvalue weighted by molar-refractivity contribution is -0.137. The van der Waals surface area contributed by atoms with Crippen molar-refractivity contribution in [3.63, 3.8) is 0 Å². The van der Waals surface area contributed by atoms with Gasteiger partial charge in [0, 0.05) is 6.54 Å². The van der Waals surface area contributed by atoms with E-state index in [1.165, 1.54) is 12.1 Å². The molecular weight excluding hydrogens is 437 g/mol. The molecule has 0 aliphatic carbocycles. The standard InChI is InChI=1S/C24H23F3N2O4/c1-14-6-7-16(15(2)12-14)8-9-28-21(30)19-20-23(32-11-10-31-20)29-22(19)33-18-5-3-4-17(13-18)24(25,26)27/h3-7,12-13,29H,8-11H2,1-2H3,(H,28,30). The zero-order chi connectivity index (χ0) is 23.6. The van der Waals surface area contributed by atoms with Gasteiger partial charge in [-0.1, -0.05) is 29.8 Å². The second kappa shape index (κ2) is 9.09. The molecule has 2 heterocycles. The lowest BCUT2D eigenvalue weighted by Crippen LogP contribution is -2.27. The zero-order valence-electron chi connectivity index (χ0n) is 18.1. The Kier molecular flexibility index (Phi) is 6.22. The summed E-state index contributed by atoms with van der Waals surface area (Å²) in [5, 5.41) is 2.83. The van der Waals surface area contributed by atoms with Gasteiger partial charge >= 0.3 is 6.18 Å². The number of carbonyl (C=O) groups is 1. The van der Waals surface area contributed by atoms with Crippen molar-refractivity contribution in [1.29, 1.82) is 0 Å². The molecule has 4 rings (SSSR count). The number of halogens is 3. The van der Waals surface area contributed by atoms with E-state index in [-0.39, 0.29) is 42.0 Å². The van der Waals surface area contributed by atoms with Crippen LogP contribution in [0.25, 0.3) is 0 Å². The molecule has 6 nitrogen and oxygen atoms in total. The Morgan fingerprint density at radius 2 is 1.91 bits per heavy atom. The Hall–Kier alpha value is -3.62. The van der Waals surface area contributed by atoms with Crippen LogP contribution < -0.4 is 19.5 Å². The zero-order valence-corrected chi connectivity index (χ0v) is 18.1. The number of fused-ring (bicyclic) bond motifs is 1. The Morgan fingerprint density at radius 3 is 2.67 bits per heavy atom. The normalized spacial score (nSPS) is 13.0. The van der Waals surface area contributed by atoms with E-state index in [4.69, 9.17) is 14.2 Å². The number of carbonyl (C=O) groups excluding carboxylic acids is 1. The maximum Gasteiger partial charge on any atom is 0.416 e. The summed E-state index contributed by atoms with van der Waals surface area (Å²) >= 11 is 0. The summed E-state index contributed by atoms with van der Waals surface area (Å²) in [7, 11) is 0. The molecule has 0 saturated carbocycles. The van der Waals surface area contributed by atoms with Crippen molar-refractivity contribution in [1.82, 2.24) is 10.3 Å². The maximum atomic E-state index is 13.1. The average Bonchev–Trinajstić information content (AvgIpc) is 3.12. The summed E-state index contributed by atoms with van der Waals surface area (Å²) in [5.74, 6) is -0.238. The molecule has 1 aliphatic heterocycles. The van der Waals surface area contributed by atoms with Gasteiger partial charge in [0.05, 0.1) is 5.56 Å². The number of ether oxygens (including phenoxy) is 3. The molecule has 33 heavy (non-hydrogen) atoms. The number of amides is 1. The minimum atomic E-state index is -4.52. The fourth-order valence-corrected chi connectivity index (χ4v) is 3.63. The van der Waals surface area contributed by atoms with Gasteiger partial charge in [-0.2, -0.15) is 13.2 Å². The number of alkyl halides is 3. The number of H-pyrrole nitrogens is 1. The number of benzene rings is 2. The predicted molar refractivity (Wildman–Crippen MR) is 115 cm³/mol. The van der Waals surface area contributed by atoms with Gasteiger partial charge in [0.15, 0.2) is 5.75 Å². The first-order chi connectivity index (χ1) is 15.7. The van der Waals surface area contributed by atoms with Gasteiger partial charge in [0.1, 0.15) is 24.5 Å². The van der Waals surface area contributed by atoms with E-state index in [1.807, 2.05) is 26.0 Å². The summed E-state index contributed by atoms with van der Waals surface area (Å²) in [6.45, 7) is 4.88. The Morgan fingerprint density at radius 1 is 1.12 bits per heavy atom. The molecule has 0 saturated heterocycles.